The Hall–Kier alpha value is -0.0800. The van der Waals surface area contributed by atoms with Crippen LogP contribution < -0.4 is 5.32 Å². The van der Waals surface area contributed by atoms with Crippen LogP contribution in [0.1, 0.15) is 58.3 Å². The summed E-state index contributed by atoms with van der Waals surface area (Å²) in [7, 11) is 2.22. The van der Waals surface area contributed by atoms with Gasteiger partial charge in [-0.1, -0.05) is 6.92 Å². The Morgan fingerprint density at radius 1 is 1.00 bits per heavy atom. The summed E-state index contributed by atoms with van der Waals surface area (Å²) in [5.74, 6) is 3.00. The molecule has 0 radical (unpaired) electrons. The summed E-state index contributed by atoms with van der Waals surface area (Å²) in [4.78, 5) is 2.93. The molecule has 0 aromatic rings. The molecule has 1 N–H and O–H groups in total. The fraction of sp³-hybridized carbons (Fsp3) is 1.00. The van der Waals surface area contributed by atoms with Gasteiger partial charge in [0.25, 0.3) is 0 Å². The number of nitrogens with one attached hydrogen (secondary N) is 1. The standard InChI is InChI=1S/C17H30N2/c1-13-3-5-19(6-4-13)17-10-14-7-15(11-17)9-16(8-14,12-17)18-2/h13-15,18H,3-12H2,1-2H3. The van der Waals surface area contributed by atoms with Gasteiger partial charge in [0.1, 0.15) is 0 Å². The van der Waals surface area contributed by atoms with Crippen molar-refractivity contribution in [3.63, 3.8) is 0 Å². The maximum Gasteiger partial charge on any atom is 0.0232 e. The summed E-state index contributed by atoms with van der Waals surface area (Å²) in [6.07, 6.45) is 11.8. The lowest BCUT2D eigenvalue weighted by molar-refractivity contribution is -0.115. The molecular weight excluding hydrogens is 232 g/mol. The van der Waals surface area contributed by atoms with Crippen LogP contribution in [0.15, 0.2) is 0 Å². The molecule has 4 aliphatic carbocycles. The van der Waals surface area contributed by atoms with Crippen molar-refractivity contribution in [2.45, 2.75) is 69.4 Å². The van der Waals surface area contributed by atoms with E-state index in [1.54, 1.807) is 0 Å². The van der Waals surface area contributed by atoms with Crippen LogP contribution in [0.5, 0.6) is 0 Å². The summed E-state index contributed by atoms with van der Waals surface area (Å²) in [6.45, 7) is 5.19. The van der Waals surface area contributed by atoms with E-state index in [0.29, 0.717) is 11.1 Å². The molecule has 2 atom stereocenters. The number of nitrogens with zero attached hydrogens (tertiary/aromatic N) is 1. The number of hydrogen-bond donors (Lipinski definition) is 1. The highest BCUT2D eigenvalue weighted by atomic mass is 15.2. The Morgan fingerprint density at radius 3 is 2.21 bits per heavy atom. The molecule has 108 valence electrons. The quantitative estimate of drug-likeness (QED) is 0.823. The topological polar surface area (TPSA) is 15.3 Å². The van der Waals surface area contributed by atoms with Crippen LogP contribution in [0.3, 0.4) is 0 Å². The SMILES string of the molecule is CNC12CC3CC(C1)CC(N1CCC(C)CC1)(C3)C2. The van der Waals surface area contributed by atoms with Gasteiger partial charge in [0.2, 0.25) is 0 Å². The second-order valence-electron chi connectivity index (χ2n) is 8.39. The zero-order valence-electron chi connectivity index (χ0n) is 12.8. The lowest BCUT2D eigenvalue weighted by Gasteiger charge is -2.65. The molecule has 19 heavy (non-hydrogen) atoms. The first kappa shape index (κ1) is 12.6. The minimum absolute atomic E-state index is 0.507. The van der Waals surface area contributed by atoms with E-state index in [0.717, 1.165) is 17.8 Å². The molecular formula is C17H30N2. The minimum Gasteiger partial charge on any atom is -0.314 e. The van der Waals surface area contributed by atoms with Gasteiger partial charge in [0.05, 0.1) is 0 Å². The molecule has 1 heterocycles. The third-order valence-corrected chi connectivity index (χ3v) is 7.01. The normalized spacial score (nSPS) is 50.8. The third-order valence-electron chi connectivity index (χ3n) is 7.01. The van der Waals surface area contributed by atoms with Crippen LogP contribution in [0.4, 0.5) is 0 Å². The molecule has 4 saturated carbocycles. The van der Waals surface area contributed by atoms with E-state index in [4.69, 9.17) is 0 Å². The lowest BCUT2D eigenvalue weighted by atomic mass is 9.49. The molecule has 0 aromatic heterocycles. The van der Waals surface area contributed by atoms with E-state index in [2.05, 4.69) is 24.2 Å². The molecule has 1 saturated heterocycles. The molecule has 2 nitrogen and oxygen atoms in total. The molecule has 2 unspecified atom stereocenters. The predicted molar refractivity (Wildman–Crippen MR) is 79.2 cm³/mol. The molecule has 4 bridgehead atoms. The van der Waals surface area contributed by atoms with Crippen LogP contribution >= 0.6 is 0 Å². The molecule has 5 fully saturated rings. The highest BCUT2D eigenvalue weighted by molar-refractivity contribution is 5.16. The average Bonchev–Trinajstić information content (AvgIpc) is 2.38. The Morgan fingerprint density at radius 2 is 1.63 bits per heavy atom. The molecule has 2 heteroatoms. The summed E-state index contributed by atoms with van der Waals surface area (Å²) < 4.78 is 0. The zero-order chi connectivity index (χ0) is 13.1. The van der Waals surface area contributed by atoms with Crippen molar-refractivity contribution in [2.75, 3.05) is 20.1 Å². The van der Waals surface area contributed by atoms with Crippen molar-refractivity contribution < 1.29 is 0 Å². The highest BCUT2D eigenvalue weighted by Gasteiger charge is 2.59. The van der Waals surface area contributed by atoms with Crippen molar-refractivity contribution in [1.82, 2.24) is 10.2 Å². The van der Waals surface area contributed by atoms with Crippen molar-refractivity contribution in [3.05, 3.63) is 0 Å². The Kier molecular flexibility index (Phi) is 2.80. The van der Waals surface area contributed by atoms with Gasteiger partial charge in [-0.05, 0) is 89.3 Å². The van der Waals surface area contributed by atoms with Gasteiger partial charge >= 0.3 is 0 Å². The summed E-state index contributed by atoms with van der Waals surface area (Å²) in [5, 5.41) is 3.76. The first-order valence-electron chi connectivity index (χ1n) is 8.57. The van der Waals surface area contributed by atoms with Crippen molar-refractivity contribution in [1.29, 1.82) is 0 Å². The first-order valence-corrected chi connectivity index (χ1v) is 8.57. The summed E-state index contributed by atoms with van der Waals surface area (Å²) >= 11 is 0. The molecule has 5 rings (SSSR count). The second-order valence-corrected chi connectivity index (χ2v) is 8.39. The van der Waals surface area contributed by atoms with Gasteiger partial charge in [0.15, 0.2) is 0 Å². The number of hydrogen-bond acceptors (Lipinski definition) is 2. The van der Waals surface area contributed by atoms with Gasteiger partial charge in [-0.2, -0.15) is 0 Å². The maximum atomic E-state index is 3.76. The Balaban J connectivity index is 1.60. The monoisotopic (exact) mass is 262 g/mol. The third kappa shape index (κ3) is 1.90. The second kappa shape index (κ2) is 4.21. The van der Waals surface area contributed by atoms with Gasteiger partial charge in [-0.3, -0.25) is 4.90 Å². The van der Waals surface area contributed by atoms with Crippen LogP contribution in [-0.2, 0) is 0 Å². The summed E-state index contributed by atoms with van der Waals surface area (Å²) in [5.41, 5.74) is 1.10. The van der Waals surface area contributed by atoms with E-state index in [-0.39, 0.29) is 0 Å². The van der Waals surface area contributed by atoms with Crippen molar-refractivity contribution in [3.8, 4) is 0 Å². The zero-order valence-corrected chi connectivity index (χ0v) is 12.8. The van der Waals surface area contributed by atoms with Crippen molar-refractivity contribution >= 4 is 0 Å². The molecule has 0 spiro atoms. The van der Waals surface area contributed by atoms with Gasteiger partial charge in [0, 0.05) is 11.1 Å². The fourth-order valence-corrected chi connectivity index (χ4v) is 6.36. The van der Waals surface area contributed by atoms with E-state index in [1.165, 1.54) is 64.5 Å². The van der Waals surface area contributed by atoms with Gasteiger partial charge in [-0.15, -0.1) is 0 Å². The molecule has 1 aliphatic heterocycles. The molecule has 5 aliphatic rings. The van der Waals surface area contributed by atoms with E-state index < -0.39 is 0 Å². The maximum absolute atomic E-state index is 3.76. The van der Waals surface area contributed by atoms with Crippen LogP contribution in [0, 0.1) is 17.8 Å². The fourth-order valence-electron chi connectivity index (χ4n) is 6.36. The van der Waals surface area contributed by atoms with Gasteiger partial charge in [-0.25, -0.2) is 0 Å². The smallest absolute Gasteiger partial charge is 0.0232 e. The number of piperidine rings is 1. The van der Waals surface area contributed by atoms with Crippen LogP contribution in [0.25, 0.3) is 0 Å². The first-order chi connectivity index (χ1) is 9.13. The predicted octanol–water partition coefficient (Wildman–Crippen LogP) is 3.03. The lowest BCUT2D eigenvalue weighted by Crippen LogP contribution is -2.69. The summed E-state index contributed by atoms with van der Waals surface area (Å²) in [6, 6.07) is 0. The van der Waals surface area contributed by atoms with Crippen LogP contribution in [0.2, 0.25) is 0 Å². The molecule has 0 aromatic carbocycles. The van der Waals surface area contributed by atoms with E-state index >= 15 is 0 Å². The number of likely N-dealkylation sites (tertiary alicyclic amines) is 1. The van der Waals surface area contributed by atoms with Crippen molar-refractivity contribution in [2.24, 2.45) is 17.8 Å². The Labute approximate surface area is 118 Å². The highest BCUT2D eigenvalue weighted by Crippen LogP contribution is 2.59. The molecule has 0 amide bonds. The number of rotatable bonds is 2. The van der Waals surface area contributed by atoms with Crippen LogP contribution in [-0.4, -0.2) is 36.1 Å². The van der Waals surface area contributed by atoms with E-state index in [1.807, 2.05) is 0 Å². The Bertz CT molecular complexity index is 342. The van der Waals surface area contributed by atoms with Gasteiger partial charge < -0.3 is 5.32 Å². The minimum atomic E-state index is 0.507. The average molecular weight is 262 g/mol. The van der Waals surface area contributed by atoms with E-state index in [9.17, 15) is 0 Å². The largest absolute Gasteiger partial charge is 0.314 e.